The molecule has 0 atom stereocenters. The second-order valence-electron chi connectivity index (χ2n) is 0. The van der Waals surface area contributed by atoms with Crippen molar-refractivity contribution in [3.05, 3.63) is 0 Å². The second-order valence-corrected chi connectivity index (χ2v) is 0. The van der Waals surface area contributed by atoms with E-state index < -0.39 is 0 Å². The van der Waals surface area contributed by atoms with Crippen molar-refractivity contribution in [3.63, 3.8) is 0 Å². The van der Waals surface area contributed by atoms with E-state index in [4.69, 9.17) is 0 Å². The third-order valence-corrected chi connectivity index (χ3v) is 0. The average molecular weight is 229 g/mol. The Labute approximate surface area is 98.2 Å². The fourth-order valence-electron chi connectivity index (χ4n) is 0. The van der Waals surface area contributed by atoms with E-state index in [-0.39, 0.29) is 100.0 Å². The van der Waals surface area contributed by atoms with E-state index in [0.29, 0.717) is 0 Å². The molecule has 5 radical (unpaired) electrons. The van der Waals surface area contributed by atoms with Crippen LogP contribution in [0.4, 0.5) is 0 Å². The third-order valence-electron chi connectivity index (χ3n) is 0. The maximum Gasteiger partial charge on any atom is 0 e. The van der Waals surface area contributed by atoms with Crippen molar-refractivity contribution in [3.8, 4) is 0 Å². The zero-order valence-corrected chi connectivity index (χ0v) is 11.3. The van der Waals surface area contributed by atoms with Crippen LogP contribution >= 0.6 is 0 Å². The van der Waals surface area contributed by atoms with Crippen LogP contribution in [0.2, 0.25) is 0 Å². The Morgan fingerprint density at radius 3 is 1.00 bits per heavy atom. The first kappa shape index (κ1) is 41.8. The average Bonchev–Trinajstić information content (AvgIpc) is 0. The largest absolute Gasteiger partial charge is 0 e. The van der Waals surface area contributed by atoms with Crippen molar-refractivity contribution in [1.29, 1.82) is 0 Å². The van der Waals surface area contributed by atoms with Gasteiger partial charge in [-0.3, -0.25) is 0 Å². The van der Waals surface area contributed by atoms with Crippen LogP contribution in [-0.2, 0) is 53.0 Å². The molecule has 0 spiro atoms. The van der Waals surface area contributed by atoms with Crippen LogP contribution in [0.3, 0.4) is 0 Å². The van der Waals surface area contributed by atoms with Crippen LogP contribution in [0.1, 0.15) is 0 Å². The van der Waals surface area contributed by atoms with Crippen LogP contribution in [0.5, 0.6) is 0 Å². The molecule has 0 nitrogen and oxygen atoms in total. The molecular formula is AlMnNaNiZn. The molecule has 23 valence electrons. The zero-order chi connectivity index (χ0) is 0. The van der Waals surface area contributed by atoms with Gasteiger partial charge >= 0.3 is 0 Å². The van der Waals surface area contributed by atoms with Gasteiger partial charge in [0.25, 0.3) is 0 Å². The standard InChI is InChI=1S/Al.Mn.Na.Ni.Zn. The van der Waals surface area contributed by atoms with Gasteiger partial charge in [0.15, 0.2) is 0 Å². The maximum atomic E-state index is 0. The van der Waals surface area contributed by atoms with Gasteiger partial charge in [-0.1, -0.05) is 0 Å². The molecule has 0 amide bonds. The smallest absolute Gasteiger partial charge is 0 e. The molecule has 0 saturated carbocycles. The molecule has 0 aromatic carbocycles. The van der Waals surface area contributed by atoms with Gasteiger partial charge in [-0.2, -0.15) is 0 Å². The van der Waals surface area contributed by atoms with Gasteiger partial charge < -0.3 is 0 Å². The number of rotatable bonds is 0. The summed E-state index contributed by atoms with van der Waals surface area (Å²) in [6, 6.07) is 0. The van der Waals surface area contributed by atoms with E-state index in [1.165, 1.54) is 0 Å². The van der Waals surface area contributed by atoms with Crippen molar-refractivity contribution in [2.45, 2.75) is 0 Å². The van der Waals surface area contributed by atoms with Crippen LogP contribution < -0.4 is 0 Å². The van der Waals surface area contributed by atoms with E-state index in [0.717, 1.165) is 0 Å². The summed E-state index contributed by atoms with van der Waals surface area (Å²) in [7, 11) is 0. The summed E-state index contributed by atoms with van der Waals surface area (Å²) in [6.45, 7) is 0. The summed E-state index contributed by atoms with van der Waals surface area (Å²) in [5.41, 5.74) is 0. The molecule has 0 N–H and O–H groups in total. The summed E-state index contributed by atoms with van der Waals surface area (Å²) in [4.78, 5) is 0. The Balaban J connectivity index is 0. The molecule has 0 aromatic rings. The predicted octanol–water partition coefficient (Wildman–Crippen LogP) is -0.769. The fraction of sp³-hybridized carbons (Fsp3) is 0. The van der Waals surface area contributed by atoms with Gasteiger partial charge in [0, 0.05) is 100.0 Å². The summed E-state index contributed by atoms with van der Waals surface area (Å²) in [6.07, 6.45) is 0. The number of hydrogen-bond donors (Lipinski definition) is 0. The summed E-state index contributed by atoms with van der Waals surface area (Å²) in [5.74, 6) is 0. The van der Waals surface area contributed by atoms with Gasteiger partial charge in [-0.15, -0.1) is 0 Å². The molecule has 5 heteroatoms. The Hall–Kier alpha value is 3.17. The van der Waals surface area contributed by atoms with Gasteiger partial charge in [-0.05, 0) is 0 Å². The van der Waals surface area contributed by atoms with Crippen LogP contribution in [0, 0.1) is 0 Å². The quantitative estimate of drug-likeness (QED) is 0.478. The van der Waals surface area contributed by atoms with E-state index in [1.807, 2.05) is 0 Å². The van der Waals surface area contributed by atoms with Crippen LogP contribution in [-0.4, -0.2) is 46.9 Å². The topological polar surface area (TPSA) is 0 Å². The molecule has 0 aliphatic carbocycles. The van der Waals surface area contributed by atoms with Crippen LogP contribution in [0.15, 0.2) is 0 Å². The first-order chi connectivity index (χ1) is 0. The molecule has 0 bridgehead atoms. The minimum Gasteiger partial charge on any atom is 0 e. The molecule has 0 heterocycles. The molecule has 0 fully saturated rings. The van der Waals surface area contributed by atoms with Crippen molar-refractivity contribution < 1.29 is 53.0 Å². The first-order valence-electron chi connectivity index (χ1n) is 0. The van der Waals surface area contributed by atoms with Crippen molar-refractivity contribution >= 4 is 46.9 Å². The van der Waals surface area contributed by atoms with Crippen molar-refractivity contribution in [2.24, 2.45) is 0 Å². The molecule has 0 aromatic heterocycles. The van der Waals surface area contributed by atoms with E-state index in [2.05, 4.69) is 0 Å². The Morgan fingerprint density at radius 2 is 1.00 bits per heavy atom. The molecule has 0 unspecified atom stereocenters. The summed E-state index contributed by atoms with van der Waals surface area (Å²) in [5, 5.41) is 0. The van der Waals surface area contributed by atoms with Crippen molar-refractivity contribution in [1.82, 2.24) is 0 Å². The van der Waals surface area contributed by atoms with E-state index in [9.17, 15) is 0 Å². The van der Waals surface area contributed by atoms with Gasteiger partial charge in [0.05, 0.1) is 0 Å². The molecule has 0 aliphatic rings. The van der Waals surface area contributed by atoms with Gasteiger partial charge in [0.1, 0.15) is 0 Å². The Bertz CT molecular complexity index is 11.6. The maximum absolute atomic E-state index is 0. The Morgan fingerprint density at radius 1 is 1.00 bits per heavy atom. The van der Waals surface area contributed by atoms with Gasteiger partial charge in [0.2, 0.25) is 0 Å². The van der Waals surface area contributed by atoms with Crippen molar-refractivity contribution in [2.75, 3.05) is 0 Å². The van der Waals surface area contributed by atoms with Crippen LogP contribution in [0.25, 0.3) is 0 Å². The van der Waals surface area contributed by atoms with Gasteiger partial charge in [-0.25, -0.2) is 0 Å². The Kier molecular flexibility index (Phi) is 227. The summed E-state index contributed by atoms with van der Waals surface area (Å²) < 4.78 is 0. The monoisotopic (exact) mass is 227 g/mol. The second kappa shape index (κ2) is 27.2. The summed E-state index contributed by atoms with van der Waals surface area (Å²) >= 11 is 0. The normalized spacial score (nSPS) is 0. The minimum atomic E-state index is 0. The van der Waals surface area contributed by atoms with E-state index in [1.54, 1.807) is 0 Å². The molecular weight excluding hydrogens is 229 g/mol. The molecule has 0 saturated heterocycles. The first-order valence-corrected chi connectivity index (χ1v) is 0. The predicted molar refractivity (Wildman–Crippen MR) is 11.5 cm³/mol. The molecule has 0 rings (SSSR count). The fourth-order valence-corrected chi connectivity index (χ4v) is 0. The SMILES string of the molecule is [Al].[Mn].[Na].[Ni].[Zn]. The third kappa shape index (κ3) is 19.1. The zero-order valence-electron chi connectivity index (χ0n) is 2.98. The van der Waals surface area contributed by atoms with E-state index >= 15 is 0 Å². The number of hydrogen-bond acceptors (Lipinski definition) is 0. The minimum absolute atomic E-state index is 0. The molecule has 0 aliphatic heterocycles. The molecule has 5 heavy (non-hydrogen) atoms.